The van der Waals surface area contributed by atoms with Crippen LogP contribution in [0.25, 0.3) is 0 Å². The van der Waals surface area contributed by atoms with Crippen LogP contribution in [-0.4, -0.2) is 26.9 Å². The van der Waals surface area contributed by atoms with Crippen molar-refractivity contribution in [1.82, 2.24) is 14.5 Å². The predicted molar refractivity (Wildman–Crippen MR) is 79.4 cm³/mol. The molecule has 0 bridgehead atoms. The molecule has 1 saturated carbocycles. The van der Waals surface area contributed by atoms with E-state index in [1.54, 1.807) is 6.20 Å². The maximum Gasteiger partial charge on any atom is 0.233 e. The lowest BCUT2D eigenvalue weighted by molar-refractivity contribution is -0.135. The van der Waals surface area contributed by atoms with Gasteiger partial charge in [0.15, 0.2) is 0 Å². The second-order valence-corrected chi connectivity index (χ2v) is 5.97. The Labute approximate surface area is 123 Å². The average Bonchev–Trinajstić information content (AvgIpc) is 3.18. The topological polar surface area (TPSA) is 64.2 Å². The Morgan fingerprint density at radius 3 is 2.67 bits per heavy atom. The first-order valence-corrected chi connectivity index (χ1v) is 7.34. The van der Waals surface area contributed by atoms with Crippen molar-refractivity contribution in [2.75, 3.05) is 12.3 Å². The number of nitrogens with two attached hydrogens (primary N) is 1. The highest BCUT2D eigenvalue weighted by atomic mass is 16.2. The smallest absolute Gasteiger partial charge is 0.233 e. The van der Waals surface area contributed by atoms with Crippen LogP contribution in [-0.2, 0) is 23.3 Å². The zero-order valence-corrected chi connectivity index (χ0v) is 11.8. The minimum atomic E-state index is -0.317. The number of nitrogens with zero attached hydrogens (tertiary/aromatic N) is 3. The monoisotopic (exact) mass is 282 g/mol. The molecule has 1 amide bonds. The van der Waals surface area contributed by atoms with Crippen molar-refractivity contribution >= 4 is 11.6 Å². The summed E-state index contributed by atoms with van der Waals surface area (Å²) < 4.78 is 2.12. The molecule has 108 valence electrons. The molecule has 0 saturated heterocycles. The lowest BCUT2D eigenvalue weighted by Gasteiger charge is -2.31. The van der Waals surface area contributed by atoms with Gasteiger partial charge in [0.1, 0.15) is 5.82 Å². The number of hydrogen-bond donors (Lipinski definition) is 1. The molecule has 0 spiro atoms. The Bertz CT molecular complexity index is 685. The zero-order valence-electron chi connectivity index (χ0n) is 11.8. The molecule has 0 radical (unpaired) electrons. The van der Waals surface area contributed by atoms with Gasteiger partial charge < -0.3 is 15.2 Å². The van der Waals surface area contributed by atoms with Gasteiger partial charge in [0.05, 0.1) is 12.0 Å². The molecule has 1 aromatic carbocycles. The van der Waals surface area contributed by atoms with Crippen LogP contribution in [0.15, 0.2) is 36.7 Å². The number of aromatic nitrogens is 2. The van der Waals surface area contributed by atoms with E-state index in [2.05, 4.69) is 9.55 Å². The minimum absolute atomic E-state index is 0.238. The van der Waals surface area contributed by atoms with Crippen LogP contribution in [0.1, 0.15) is 24.2 Å². The largest absolute Gasteiger partial charge is 0.399 e. The van der Waals surface area contributed by atoms with Crippen molar-refractivity contribution in [1.29, 1.82) is 0 Å². The van der Waals surface area contributed by atoms with Gasteiger partial charge in [-0.1, -0.05) is 12.1 Å². The number of hydrogen-bond acceptors (Lipinski definition) is 3. The molecule has 4 rings (SSSR count). The molecule has 21 heavy (non-hydrogen) atoms. The fraction of sp³-hybridized carbons (Fsp3) is 0.375. The highest BCUT2D eigenvalue weighted by Crippen LogP contribution is 2.50. The molecule has 0 atom stereocenters. The Hall–Kier alpha value is -2.30. The fourth-order valence-corrected chi connectivity index (χ4v) is 3.20. The molecule has 2 heterocycles. The Morgan fingerprint density at radius 2 is 1.95 bits per heavy atom. The van der Waals surface area contributed by atoms with Gasteiger partial charge in [-0.15, -0.1) is 0 Å². The summed E-state index contributed by atoms with van der Waals surface area (Å²) in [5.74, 6) is 1.21. The second-order valence-electron chi connectivity index (χ2n) is 5.97. The first kappa shape index (κ1) is 12.4. The third kappa shape index (κ3) is 1.92. The summed E-state index contributed by atoms with van der Waals surface area (Å²) >= 11 is 0. The number of fused-ring (bicyclic) bond motifs is 1. The van der Waals surface area contributed by atoms with E-state index in [1.807, 2.05) is 35.4 Å². The van der Waals surface area contributed by atoms with Gasteiger partial charge in [0, 0.05) is 31.2 Å². The molecule has 5 nitrogen and oxygen atoms in total. The van der Waals surface area contributed by atoms with Crippen LogP contribution in [0, 0.1) is 0 Å². The van der Waals surface area contributed by atoms with Crippen LogP contribution in [0.4, 0.5) is 5.69 Å². The summed E-state index contributed by atoms with van der Waals surface area (Å²) in [5, 5.41) is 0. The molecule has 2 aromatic rings. The van der Waals surface area contributed by atoms with Crippen molar-refractivity contribution in [3.05, 3.63) is 48.0 Å². The maximum atomic E-state index is 13.0. The quantitative estimate of drug-likeness (QED) is 0.850. The molecular formula is C16H18N4O. The number of imidazole rings is 1. The van der Waals surface area contributed by atoms with Gasteiger partial charge in [-0.05, 0) is 30.5 Å². The van der Waals surface area contributed by atoms with Gasteiger partial charge in [0.25, 0.3) is 0 Å². The summed E-state index contributed by atoms with van der Waals surface area (Å²) in [6.07, 6.45) is 5.64. The van der Waals surface area contributed by atoms with Crippen molar-refractivity contribution in [2.45, 2.75) is 31.3 Å². The van der Waals surface area contributed by atoms with Crippen molar-refractivity contribution in [2.24, 2.45) is 0 Å². The van der Waals surface area contributed by atoms with Crippen molar-refractivity contribution in [3.8, 4) is 0 Å². The number of carbonyl (C=O) groups excluding carboxylic acids is 1. The summed E-state index contributed by atoms with van der Waals surface area (Å²) in [5.41, 5.74) is 7.26. The van der Waals surface area contributed by atoms with E-state index in [9.17, 15) is 4.79 Å². The summed E-state index contributed by atoms with van der Waals surface area (Å²) in [4.78, 5) is 19.2. The van der Waals surface area contributed by atoms with Crippen LogP contribution in [0.5, 0.6) is 0 Å². The van der Waals surface area contributed by atoms with Crippen molar-refractivity contribution in [3.63, 3.8) is 0 Å². The van der Waals surface area contributed by atoms with E-state index in [-0.39, 0.29) is 11.3 Å². The van der Waals surface area contributed by atoms with Crippen LogP contribution < -0.4 is 5.73 Å². The summed E-state index contributed by atoms with van der Waals surface area (Å²) in [7, 11) is 0. The lowest BCUT2D eigenvalue weighted by Crippen LogP contribution is -2.43. The number of nitrogen functional groups attached to an aromatic ring is 1. The molecular weight excluding hydrogens is 264 g/mol. The van der Waals surface area contributed by atoms with Gasteiger partial charge in [-0.25, -0.2) is 4.98 Å². The van der Waals surface area contributed by atoms with Crippen LogP contribution in [0.3, 0.4) is 0 Å². The number of carbonyl (C=O) groups is 1. The highest BCUT2D eigenvalue weighted by molar-refractivity contribution is 5.91. The molecule has 1 aromatic heterocycles. The molecule has 1 aliphatic heterocycles. The highest BCUT2D eigenvalue weighted by Gasteiger charge is 2.53. The number of anilines is 1. The first-order valence-electron chi connectivity index (χ1n) is 7.34. The van der Waals surface area contributed by atoms with E-state index in [0.717, 1.165) is 43.0 Å². The number of rotatable bonds is 2. The standard InChI is InChI=1S/C16H18N4O/c17-13-3-1-12(2-4-13)16(5-6-16)15(21)20-10-9-19-8-7-18-14(19)11-20/h1-4,7-8H,5-6,9-11,17H2. The van der Waals surface area contributed by atoms with Crippen LogP contribution in [0.2, 0.25) is 0 Å². The van der Waals surface area contributed by atoms with Gasteiger partial charge >= 0.3 is 0 Å². The predicted octanol–water partition coefficient (Wildman–Crippen LogP) is 1.54. The average molecular weight is 282 g/mol. The normalized spacial score (nSPS) is 19.1. The number of amides is 1. The Morgan fingerprint density at radius 1 is 1.19 bits per heavy atom. The summed E-state index contributed by atoms with van der Waals surface area (Å²) in [6.45, 7) is 2.21. The van der Waals surface area contributed by atoms with E-state index in [0.29, 0.717) is 6.54 Å². The fourth-order valence-electron chi connectivity index (χ4n) is 3.20. The van der Waals surface area contributed by atoms with Crippen LogP contribution >= 0.6 is 0 Å². The summed E-state index contributed by atoms with van der Waals surface area (Å²) in [6, 6.07) is 7.74. The van der Waals surface area contributed by atoms with E-state index in [1.165, 1.54) is 0 Å². The molecule has 0 unspecified atom stereocenters. The van der Waals surface area contributed by atoms with Gasteiger partial charge in [0.2, 0.25) is 5.91 Å². The maximum absolute atomic E-state index is 13.0. The Kier molecular flexibility index (Phi) is 2.58. The van der Waals surface area contributed by atoms with E-state index < -0.39 is 0 Å². The van der Waals surface area contributed by atoms with Gasteiger partial charge in [-0.2, -0.15) is 0 Å². The second kappa shape index (κ2) is 4.35. The zero-order chi connectivity index (χ0) is 14.4. The first-order chi connectivity index (χ1) is 10.2. The molecule has 2 aliphatic rings. The lowest BCUT2D eigenvalue weighted by atomic mass is 9.94. The van der Waals surface area contributed by atoms with Crippen molar-refractivity contribution < 1.29 is 4.79 Å². The number of benzene rings is 1. The van der Waals surface area contributed by atoms with E-state index in [4.69, 9.17) is 5.73 Å². The Balaban J connectivity index is 1.59. The van der Waals surface area contributed by atoms with Gasteiger partial charge in [-0.3, -0.25) is 4.79 Å². The molecule has 1 fully saturated rings. The third-order valence-electron chi connectivity index (χ3n) is 4.65. The molecule has 1 aliphatic carbocycles. The molecule has 2 N–H and O–H groups in total. The minimum Gasteiger partial charge on any atom is -0.399 e. The molecule has 5 heteroatoms. The SMILES string of the molecule is Nc1ccc(C2(C(=O)N3CCn4ccnc4C3)CC2)cc1. The third-order valence-corrected chi connectivity index (χ3v) is 4.65. The van der Waals surface area contributed by atoms with E-state index >= 15 is 0 Å².